The van der Waals surface area contributed by atoms with Gasteiger partial charge in [0.05, 0.1) is 34.6 Å². The van der Waals surface area contributed by atoms with Crippen LogP contribution in [0.4, 0.5) is 5.69 Å². The van der Waals surface area contributed by atoms with E-state index in [4.69, 9.17) is 7.85 Å². The number of carbonyl (C=O) groups is 5. The van der Waals surface area contributed by atoms with Gasteiger partial charge in [0.25, 0.3) is 0 Å². The van der Waals surface area contributed by atoms with Crippen molar-refractivity contribution >= 4 is 59.1 Å². The number of anilines is 1. The highest BCUT2D eigenvalue weighted by Gasteiger charge is 2.14. The molecular formula is C22H30BBrN4O6. The van der Waals surface area contributed by atoms with Crippen molar-refractivity contribution in [1.82, 2.24) is 16.0 Å². The van der Waals surface area contributed by atoms with Crippen molar-refractivity contribution in [2.45, 2.75) is 37.3 Å². The summed E-state index contributed by atoms with van der Waals surface area (Å²) in [6, 6.07) is 5.59. The average Bonchev–Trinajstić information content (AvgIpc) is 2.85. The zero-order valence-corrected chi connectivity index (χ0v) is 21.0. The first-order valence-electron chi connectivity index (χ1n) is 10.7. The second-order valence-electron chi connectivity index (χ2n) is 7.41. The fourth-order valence-corrected chi connectivity index (χ4v) is 3.12. The molecule has 0 aliphatic heterocycles. The maximum atomic E-state index is 12.4. The van der Waals surface area contributed by atoms with Crippen LogP contribution >= 0.6 is 15.9 Å². The number of hydrogen-bond acceptors (Lipinski definition) is 6. The third kappa shape index (κ3) is 11.3. The van der Waals surface area contributed by atoms with Crippen LogP contribution in [0.1, 0.15) is 36.8 Å². The van der Waals surface area contributed by atoms with Gasteiger partial charge in [0.15, 0.2) is 0 Å². The van der Waals surface area contributed by atoms with Crippen LogP contribution in [-0.2, 0) is 40.4 Å². The van der Waals surface area contributed by atoms with Crippen LogP contribution in [0.15, 0.2) is 18.2 Å². The molecule has 0 unspecified atom stereocenters. The standard InChI is InChI=1S/C22H30BBrN4O6/c1-28(17-8-15(10-23)7-16(9-17)11-24)21(32)14-27-20(31)13-26-19(30)12-25-18(29)5-3-4-6-22(33)34-2/h7-9H,3-6,10-14H2,1-2H3,(H,25,29)(H,26,30)(H,27,31). The lowest BCUT2D eigenvalue weighted by molar-refractivity contribution is -0.140. The molecule has 12 heteroatoms. The van der Waals surface area contributed by atoms with E-state index in [0.717, 1.165) is 11.1 Å². The van der Waals surface area contributed by atoms with Gasteiger partial charge in [0.2, 0.25) is 23.6 Å². The lowest BCUT2D eigenvalue weighted by atomic mass is 9.95. The smallest absolute Gasteiger partial charge is 0.305 e. The number of rotatable bonds is 14. The number of likely N-dealkylation sites (N-methyl/N-ethyl adjacent to an activating group) is 1. The van der Waals surface area contributed by atoms with E-state index in [9.17, 15) is 24.0 Å². The number of hydrogen-bond donors (Lipinski definition) is 3. The molecule has 184 valence electrons. The van der Waals surface area contributed by atoms with Gasteiger partial charge >= 0.3 is 5.97 Å². The second kappa shape index (κ2) is 15.9. The number of unbranched alkanes of at least 4 members (excludes halogenated alkanes) is 1. The van der Waals surface area contributed by atoms with E-state index in [0.29, 0.717) is 30.2 Å². The Morgan fingerprint density at radius 1 is 0.882 bits per heavy atom. The van der Waals surface area contributed by atoms with Gasteiger partial charge < -0.3 is 25.6 Å². The van der Waals surface area contributed by atoms with Crippen molar-refractivity contribution in [2.75, 3.05) is 38.7 Å². The zero-order valence-electron chi connectivity index (χ0n) is 19.4. The normalized spacial score (nSPS) is 10.2. The predicted octanol–water partition coefficient (Wildman–Crippen LogP) is 0.295. The van der Waals surface area contributed by atoms with Gasteiger partial charge in [-0.15, -0.1) is 0 Å². The van der Waals surface area contributed by atoms with Gasteiger partial charge in [0.1, 0.15) is 0 Å². The SMILES string of the molecule is [B]Cc1cc(CBr)cc(N(C)C(=O)CNC(=O)CNC(=O)CNC(=O)CCCCC(=O)OC)c1. The second-order valence-corrected chi connectivity index (χ2v) is 7.97. The first kappa shape index (κ1) is 29.1. The van der Waals surface area contributed by atoms with Gasteiger partial charge in [-0.25, -0.2) is 0 Å². The van der Waals surface area contributed by atoms with Crippen LogP contribution in [0.3, 0.4) is 0 Å². The number of halogens is 1. The Morgan fingerprint density at radius 2 is 1.44 bits per heavy atom. The summed E-state index contributed by atoms with van der Waals surface area (Å²) in [5.41, 5.74) is 2.51. The molecule has 0 aliphatic carbocycles. The van der Waals surface area contributed by atoms with E-state index in [1.165, 1.54) is 12.0 Å². The fraction of sp³-hybridized carbons (Fsp3) is 0.500. The molecule has 0 saturated heterocycles. The number of carbonyl (C=O) groups excluding carboxylic acids is 5. The van der Waals surface area contributed by atoms with Crippen LogP contribution in [0.5, 0.6) is 0 Å². The lowest BCUT2D eigenvalue weighted by Crippen LogP contribution is -2.44. The number of alkyl halides is 1. The molecule has 3 N–H and O–H groups in total. The molecule has 0 heterocycles. The molecule has 0 aliphatic rings. The molecule has 2 radical (unpaired) electrons. The quantitative estimate of drug-likeness (QED) is 0.135. The number of benzene rings is 1. The van der Waals surface area contributed by atoms with Crippen LogP contribution in [0.25, 0.3) is 0 Å². The first-order chi connectivity index (χ1) is 16.2. The Labute approximate surface area is 209 Å². The summed E-state index contributed by atoms with van der Waals surface area (Å²) in [7, 11) is 8.60. The summed E-state index contributed by atoms with van der Waals surface area (Å²) in [6.07, 6.45) is 1.74. The van der Waals surface area contributed by atoms with Crippen molar-refractivity contribution in [3.05, 3.63) is 29.3 Å². The van der Waals surface area contributed by atoms with E-state index in [-0.39, 0.29) is 50.3 Å². The van der Waals surface area contributed by atoms with Crippen LogP contribution < -0.4 is 20.9 Å². The Balaban J connectivity index is 2.31. The van der Waals surface area contributed by atoms with Crippen molar-refractivity contribution in [3.63, 3.8) is 0 Å². The molecule has 4 amide bonds. The number of esters is 1. The molecule has 0 spiro atoms. The molecule has 1 aromatic rings. The lowest BCUT2D eigenvalue weighted by Gasteiger charge is -2.19. The minimum atomic E-state index is -0.541. The van der Waals surface area contributed by atoms with Gasteiger partial charge in [-0.05, 0) is 30.5 Å². The van der Waals surface area contributed by atoms with Crippen molar-refractivity contribution in [2.24, 2.45) is 0 Å². The molecule has 0 atom stereocenters. The van der Waals surface area contributed by atoms with E-state index >= 15 is 0 Å². The molecule has 0 aromatic heterocycles. The maximum Gasteiger partial charge on any atom is 0.305 e. The summed E-state index contributed by atoms with van der Waals surface area (Å²) < 4.78 is 4.51. The van der Waals surface area contributed by atoms with Crippen molar-refractivity contribution < 1.29 is 28.7 Å². The zero-order chi connectivity index (χ0) is 25.5. The Morgan fingerprint density at radius 3 is 2.03 bits per heavy atom. The monoisotopic (exact) mass is 536 g/mol. The highest BCUT2D eigenvalue weighted by atomic mass is 79.9. The molecule has 34 heavy (non-hydrogen) atoms. The Hall–Kier alpha value is -2.89. The van der Waals surface area contributed by atoms with Gasteiger partial charge in [0, 0.05) is 30.9 Å². The highest BCUT2D eigenvalue weighted by molar-refractivity contribution is 9.08. The molecular weight excluding hydrogens is 507 g/mol. The van der Waals surface area contributed by atoms with Crippen molar-refractivity contribution in [3.8, 4) is 0 Å². The van der Waals surface area contributed by atoms with Gasteiger partial charge in [-0.2, -0.15) is 0 Å². The minimum Gasteiger partial charge on any atom is -0.469 e. The molecule has 0 bridgehead atoms. The van der Waals surface area contributed by atoms with E-state index < -0.39 is 11.8 Å². The average molecular weight is 537 g/mol. The number of methoxy groups -OCH3 is 1. The van der Waals surface area contributed by atoms with Crippen LogP contribution in [0, 0.1) is 0 Å². The first-order valence-corrected chi connectivity index (χ1v) is 11.8. The van der Waals surface area contributed by atoms with E-state index in [1.54, 1.807) is 13.1 Å². The molecule has 0 fully saturated rings. The summed E-state index contributed by atoms with van der Waals surface area (Å²) in [4.78, 5) is 60.3. The maximum absolute atomic E-state index is 12.4. The number of nitrogens with one attached hydrogen (secondary N) is 3. The van der Waals surface area contributed by atoms with Gasteiger partial charge in [-0.1, -0.05) is 33.9 Å². The van der Waals surface area contributed by atoms with E-state index in [1.807, 2.05) is 12.1 Å². The fourth-order valence-electron chi connectivity index (χ4n) is 2.80. The summed E-state index contributed by atoms with van der Waals surface area (Å²) in [5.74, 6) is -2.09. The number of nitrogens with zero attached hydrogens (tertiary/aromatic N) is 1. The Kier molecular flexibility index (Phi) is 13.6. The summed E-state index contributed by atoms with van der Waals surface area (Å²) in [5, 5.41) is 7.88. The molecule has 1 aromatic carbocycles. The summed E-state index contributed by atoms with van der Waals surface area (Å²) in [6.45, 7) is -0.858. The third-order valence-electron chi connectivity index (χ3n) is 4.78. The van der Waals surface area contributed by atoms with E-state index in [2.05, 4.69) is 36.6 Å². The topological polar surface area (TPSA) is 134 Å². The third-order valence-corrected chi connectivity index (χ3v) is 5.43. The summed E-state index contributed by atoms with van der Waals surface area (Å²) >= 11 is 3.39. The largest absolute Gasteiger partial charge is 0.469 e. The number of ether oxygens (including phenoxy) is 1. The Bertz CT molecular complexity index is 861. The number of amides is 4. The predicted molar refractivity (Wildman–Crippen MR) is 131 cm³/mol. The molecule has 1 rings (SSSR count). The van der Waals surface area contributed by atoms with Crippen molar-refractivity contribution in [1.29, 1.82) is 0 Å². The van der Waals surface area contributed by atoms with Crippen LogP contribution in [-0.4, -0.2) is 71.2 Å². The highest BCUT2D eigenvalue weighted by Crippen LogP contribution is 2.20. The molecule has 0 saturated carbocycles. The van der Waals surface area contributed by atoms with Gasteiger partial charge in [-0.3, -0.25) is 24.0 Å². The molecule has 10 nitrogen and oxygen atoms in total. The minimum absolute atomic E-state index is 0.172. The van der Waals surface area contributed by atoms with Crippen LogP contribution in [0.2, 0.25) is 0 Å².